The Morgan fingerprint density at radius 1 is 1.70 bits per heavy atom. The summed E-state index contributed by atoms with van der Waals surface area (Å²) >= 11 is 0. The van der Waals surface area contributed by atoms with Gasteiger partial charge in [0, 0.05) is 6.08 Å². The standard InChI is InChI=1S/C4H6O5S/c1-2-4(6)9-10(7,8)3-5/h2,5H,1,3H2. The van der Waals surface area contributed by atoms with E-state index in [1.165, 1.54) is 0 Å². The number of aliphatic hydroxyl groups is 1. The minimum absolute atomic E-state index is 0.688. The van der Waals surface area contributed by atoms with Crippen LogP contribution >= 0.6 is 0 Å². The maximum absolute atomic E-state index is 10.2. The van der Waals surface area contributed by atoms with Crippen molar-refractivity contribution in [3.63, 3.8) is 0 Å². The molecule has 0 aliphatic carbocycles. The molecule has 0 atom stereocenters. The first-order valence-corrected chi connectivity index (χ1v) is 3.79. The summed E-state index contributed by atoms with van der Waals surface area (Å²) in [5.41, 5.74) is 0. The fraction of sp³-hybridized carbons (Fsp3) is 0.250. The van der Waals surface area contributed by atoms with Gasteiger partial charge in [-0.05, 0) is 0 Å². The summed E-state index contributed by atoms with van der Waals surface area (Å²) in [5.74, 6) is -2.32. The number of hydrogen-bond donors (Lipinski definition) is 1. The molecule has 1 N–H and O–H groups in total. The van der Waals surface area contributed by atoms with Crippen LogP contribution in [-0.4, -0.2) is 25.4 Å². The van der Waals surface area contributed by atoms with Crippen molar-refractivity contribution in [3.8, 4) is 0 Å². The van der Waals surface area contributed by atoms with Crippen LogP contribution in [0.5, 0.6) is 0 Å². The molecule has 0 aromatic heterocycles. The van der Waals surface area contributed by atoms with Crippen LogP contribution in [0.4, 0.5) is 0 Å². The molecule has 10 heavy (non-hydrogen) atoms. The first-order chi connectivity index (χ1) is 4.52. The van der Waals surface area contributed by atoms with E-state index in [1.807, 2.05) is 0 Å². The molecular formula is C4H6O5S. The molecule has 0 saturated heterocycles. The zero-order chi connectivity index (χ0) is 8.20. The molecule has 0 rings (SSSR count). The number of hydrogen-bond acceptors (Lipinski definition) is 5. The van der Waals surface area contributed by atoms with Gasteiger partial charge in [0.05, 0.1) is 0 Å². The van der Waals surface area contributed by atoms with Gasteiger partial charge in [-0.1, -0.05) is 6.58 Å². The number of rotatable bonds is 3. The molecule has 0 radical (unpaired) electrons. The SMILES string of the molecule is C=CC(=O)OS(=O)(=O)CO. The second kappa shape index (κ2) is 3.33. The Bertz CT molecular complexity index is 226. The lowest BCUT2D eigenvalue weighted by Crippen LogP contribution is -2.13. The molecule has 0 saturated carbocycles. The highest BCUT2D eigenvalue weighted by molar-refractivity contribution is 7.86. The third-order valence-corrected chi connectivity index (χ3v) is 1.27. The van der Waals surface area contributed by atoms with E-state index < -0.39 is 22.0 Å². The second-order valence-electron chi connectivity index (χ2n) is 1.29. The third-order valence-electron chi connectivity index (χ3n) is 0.534. The first kappa shape index (κ1) is 9.12. The summed E-state index contributed by atoms with van der Waals surface area (Å²) in [6.45, 7) is 2.96. The normalized spacial score (nSPS) is 10.5. The van der Waals surface area contributed by atoms with Crippen LogP contribution in [0.25, 0.3) is 0 Å². The Labute approximate surface area is 58.0 Å². The van der Waals surface area contributed by atoms with Crippen molar-refractivity contribution in [3.05, 3.63) is 12.7 Å². The Balaban J connectivity index is 4.16. The summed E-state index contributed by atoms with van der Waals surface area (Å²) < 4.78 is 24.2. The van der Waals surface area contributed by atoms with E-state index in [9.17, 15) is 13.2 Å². The van der Waals surface area contributed by atoms with Crippen LogP contribution in [0.15, 0.2) is 12.7 Å². The Morgan fingerprint density at radius 2 is 2.20 bits per heavy atom. The Kier molecular flexibility index (Phi) is 3.04. The van der Waals surface area contributed by atoms with E-state index >= 15 is 0 Å². The molecular weight excluding hydrogens is 160 g/mol. The molecule has 6 heteroatoms. The van der Waals surface area contributed by atoms with Gasteiger partial charge in [-0.15, -0.1) is 0 Å². The summed E-state index contributed by atoms with van der Waals surface area (Å²) in [6, 6.07) is 0. The lowest BCUT2D eigenvalue weighted by atomic mass is 10.7. The second-order valence-corrected chi connectivity index (χ2v) is 2.83. The molecule has 0 aliphatic heterocycles. The first-order valence-electron chi connectivity index (χ1n) is 2.21. The molecule has 0 bridgehead atoms. The highest BCUT2D eigenvalue weighted by Crippen LogP contribution is 1.91. The van der Waals surface area contributed by atoms with E-state index in [0.717, 1.165) is 0 Å². The van der Waals surface area contributed by atoms with Gasteiger partial charge in [0.25, 0.3) is 0 Å². The van der Waals surface area contributed by atoms with Gasteiger partial charge in [-0.2, -0.15) is 8.42 Å². The summed E-state index contributed by atoms with van der Waals surface area (Å²) in [5, 5.41) is 8.04. The van der Waals surface area contributed by atoms with Crippen LogP contribution in [0.3, 0.4) is 0 Å². The smallest absolute Gasteiger partial charge is 0.346 e. The Morgan fingerprint density at radius 3 is 2.50 bits per heavy atom. The maximum atomic E-state index is 10.2. The van der Waals surface area contributed by atoms with E-state index in [0.29, 0.717) is 6.08 Å². The molecule has 0 aromatic carbocycles. The number of aliphatic hydroxyl groups excluding tert-OH is 1. The van der Waals surface area contributed by atoms with Crippen molar-refractivity contribution in [2.45, 2.75) is 0 Å². The topological polar surface area (TPSA) is 80.7 Å². The molecule has 0 unspecified atom stereocenters. The number of carbonyl (C=O) groups excluding carboxylic acids is 1. The minimum Gasteiger partial charge on any atom is -0.377 e. The van der Waals surface area contributed by atoms with Gasteiger partial charge in [-0.3, -0.25) is 0 Å². The molecule has 5 nitrogen and oxygen atoms in total. The average molecular weight is 166 g/mol. The van der Waals surface area contributed by atoms with Gasteiger partial charge >= 0.3 is 16.1 Å². The monoisotopic (exact) mass is 166 g/mol. The summed E-state index contributed by atoms with van der Waals surface area (Å²) in [4.78, 5) is 10.2. The van der Waals surface area contributed by atoms with Crippen molar-refractivity contribution in [1.82, 2.24) is 0 Å². The van der Waals surface area contributed by atoms with Gasteiger partial charge < -0.3 is 9.29 Å². The highest BCUT2D eigenvalue weighted by atomic mass is 32.2. The fourth-order valence-corrected chi connectivity index (χ4v) is 0.557. The van der Waals surface area contributed by atoms with Gasteiger partial charge in [0.15, 0.2) is 5.94 Å². The molecule has 0 fully saturated rings. The molecule has 58 valence electrons. The van der Waals surface area contributed by atoms with Crippen LogP contribution in [0.1, 0.15) is 0 Å². The number of carbonyl (C=O) groups is 1. The third kappa shape index (κ3) is 3.21. The van der Waals surface area contributed by atoms with E-state index in [2.05, 4.69) is 10.8 Å². The predicted octanol–water partition coefficient (Wildman–Crippen LogP) is -1.00. The van der Waals surface area contributed by atoms with Gasteiger partial charge in [-0.25, -0.2) is 4.79 Å². The van der Waals surface area contributed by atoms with E-state index in [-0.39, 0.29) is 0 Å². The predicted molar refractivity (Wildman–Crippen MR) is 32.3 cm³/mol. The van der Waals surface area contributed by atoms with E-state index in [1.54, 1.807) is 0 Å². The molecule has 0 spiro atoms. The zero-order valence-electron chi connectivity index (χ0n) is 4.98. The quantitative estimate of drug-likeness (QED) is 0.429. The van der Waals surface area contributed by atoms with Gasteiger partial charge in [0.2, 0.25) is 0 Å². The summed E-state index contributed by atoms with van der Waals surface area (Å²) in [7, 11) is -4.10. The lowest BCUT2D eigenvalue weighted by Gasteiger charge is -1.96. The lowest BCUT2D eigenvalue weighted by molar-refractivity contribution is -0.128. The Hall–Kier alpha value is -0.880. The highest BCUT2D eigenvalue weighted by Gasteiger charge is 2.11. The van der Waals surface area contributed by atoms with Gasteiger partial charge in [0.1, 0.15) is 0 Å². The fourth-order valence-electron chi connectivity index (χ4n) is 0.186. The van der Waals surface area contributed by atoms with Crippen molar-refractivity contribution < 1.29 is 22.5 Å². The van der Waals surface area contributed by atoms with Crippen LogP contribution in [0, 0.1) is 0 Å². The van der Waals surface area contributed by atoms with E-state index in [4.69, 9.17) is 5.11 Å². The van der Waals surface area contributed by atoms with Crippen molar-refractivity contribution in [2.75, 3.05) is 5.94 Å². The maximum Gasteiger partial charge on any atom is 0.346 e. The largest absolute Gasteiger partial charge is 0.377 e. The van der Waals surface area contributed by atoms with Crippen molar-refractivity contribution in [2.24, 2.45) is 0 Å². The molecule has 0 heterocycles. The van der Waals surface area contributed by atoms with Crippen LogP contribution < -0.4 is 0 Å². The van der Waals surface area contributed by atoms with Crippen LogP contribution in [0.2, 0.25) is 0 Å². The molecule has 0 aromatic rings. The van der Waals surface area contributed by atoms with Crippen LogP contribution in [-0.2, 0) is 19.1 Å². The average Bonchev–Trinajstić information content (AvgIpc) is 1.87. The van der Waals surface area contributed by atoms with Crippen molar-refractivity contribution >= 4 is 16.1 Å². The molecule has 0 amide bonds. The molecule has 0 aliphatic rings. The zero-order valence-corrected chi connectivity index (χ0v) is 5.80. The summed E-state index contributed by atoms with van der Waals surface area (Å²) in [6.07, 6.45) is 0.688. The minimum atomic E-state index is -4.10. The van der Waals surface area contributed by atoms with Crippen molar-refractivity contribution in [1.29, 1.82) is 0 Å².